The molecule has 1 aromatic carbocycles. The molecular formula is C14H24ClNS. The zero-order valence-corrected chi connectivity index (χ0v) is 12.5. The van der Waals surface area contributed by atoms with Gasteiger partial charge >= 0.3 is 0 Å². The zero-order chi connectivity index (χ0) is 11.9. The number of halogens is 1. The van der Waals surface area contributed by atoms with Crippen LogP contribution in [0.3, 0.4) is 0 Å². The summed E-state index contributed by atoms with van der Waals surface area (Å²) >= 11 is 4.47. The summed E-state index contributed by atoms with van der Waals surface area (Å²) in [6.07, 6.45) is 3.68. The highest BCUT2D eigenvalue weighted by Gasteiger charge is 2.09. The summed E-state index contributed by atoms with van der Waals surface area (Å²) in [6, 6.07) is 10.7. The van der Waals surface area contributed by atoms with Crippen LogP contribution in [0.2, 0.25) is 0 Å². The van der Waals surface area contributed by atoms with Crippen LogP contribution in [0.15, 0.2) is 30.3 Å². The van der Waals surface area contributed by atoms with Crippen LogP contribution in [0.25, 0.3) is 0 Å². The molecule has 98 valence electrons. The van der Waals surface area contributed by atoms with Gasteiger partial charge in [-0.05, 0) is 45.2 Å². The maximum Gasteiger partial charge on any atom is 0.0198 e. The van der Waals surface area contributed by atoms with Crippen LogP contribution in [-0.2, 0) is 6.42 Å². The summed E-state index contributed by atoms with van der Waals surface area (Å²) in [5.74, 6) is 0. The largest absolute Gasteiger partial charge is 0.315 e. The quantitative estimate of drug-likeness (QED) is 0.570. The summed E-state index contributed by atoms with van der Waals surface area (Å²) < 4.78 is 0.0967. The van der Waals surface area contributed by atoms with E-state index in [0.29, 0.717) is 0 Å². The number of rotatable bonds is 7. The third kappa shape index (κ3) is 9.51. The third-order valence-electron chi connectivity index (χ3n) is 2.47. The first kappa shape index (κ1) is 16.8. The van der Waals surface area contributed by atoms with Crippen molar-refractivity contribution in [3.63, 3.8) is 0 Å². The molecule has 0 saturated heterocycles. The Kier molecular flexibility index (Phi) is 8.75. The lowest BCUT2D eigenvalue weighted by Crippen LogP contribution is -2.30. The van der Waals surface area contributed by atoms with Crippen molar-refractivity contribution >= 4 is 25.0 Å². The maximum absolute atomic E-state index is 4.47. The van der Waals surface area contributed by atoms with E-state index in [1.165, 1.54) is 24.8 Å². The number of aryl methyl sites for hydroxylation is 1. The molecule has 1 nitrogen and oxygen atoms in total. The van der Waals surface area contributed by atoms with Crippen LogP contribution in [0.5, 0.6) is 0 Å². The second-order valence-electron chi connectivity index (χ2n) is 4.93. The van der Waals surface area contributed by atoms with E-state index in [1.807, 2.05) is 0 Å². The van der Waals surface area contributed by atoms with Crippen molar-refractivity contribution in [1.82, 2.24) is 5.32 Å². The van der Waals surface area contributed by atoms with Crippen molar-refractivity contribution in [3.05, 3.63) is 35.9 Å². The number of hydrogen-bond acceptors (Lipinski definition) is 2. The van der Waals surface area contributed by atoms with E-state index in [9.17, 15) is 0 Å². The monoisotopic (exact) mass is 273 g/mol. The fraction of sp³-hybridized carbons (Fsp3) is 0.571. The molecule has 0 heterocycles. The molecule has 0 aliphatic heterocycles. The topological polar surface area (TPSA) is 12.0 Å². The second-order valence-corrected chi connectivity index (χ2v) is 6.14. The molecule has 0 radical (unpaired) electrons. The average Bonchev–Trinajstić information content (AvgIpc) is 2.23. The van der Waals surface area contributed by atoms with E-state index in [2.05, 4.69) is 62.1 Å². The summed E-state index contributed by atoms with van der Waals surface area (Å²) in [7, 11) is 0. The number of thiol groups is 1. The zero-order valence-electron chi connectivity index (χ0n) is 10.8. The van der Waals surface area contributed by atoms with Gasteiger partial charge in [0.15, 0.2) is 0 Å². The van der Waals surface area contributed by atoms with Gasteiger partial charge in [-0.2, -0.15) is 12.6 Å². The van der Waals surface area contributed by atoms with Crippen molar-refractivity contribution in [2.24, 2.45) is 0 Å². The molecule has 0 aliphatic rings. The van der Waals surface area contributed by atoms with Gasteiger partial charge in [0.1, 0.15) is 0 Å². The Bertz CT molecular complexity index is 282. The Morgan fingerprint density at radius 3 is 2.35 bits per heavy atom. The Morgan fingerprint density at radius 2 is 1.76 bits per heavy atom. The van der Waals surface area contributed by atoms with E-state index in [4.69, 9.17) is 0 Å². The fourth-order valence-corrected chi connectivity index (χ4v) is 1.73. The minimum atomic E-state index is 0. The lowest BCUT2D eigenvalue weighted by molar-refractivity contribution is 0.567. The molecule has 1 rings (SSSR count). The summed E-state index contributed by atoms with van der Waals surface area (Å²) in [6.45, 7) is 6.33. The van der Waals surface area contributed by atoms with Gasteiger partial charge in [0.2, 0.25) is 0 Å². The molecule has 0 amide bonds. The van der Waals surface area contributed by atoms with E-state index in [0.717, 1.165) is 13.1 Å². The first-order chi connectivity index (χ1) is 7.58. The molecule has 3 heteroatoms. The van der Waals surface area contributed by atoms with Crippen LogP contribution in [0.1, 0.15) is 32.3 Å². The predicted molar refractivity (Wildman–Crippen MR) is 82.6 cm³/mol. The number of hydrogen-bond donors (Lipinski definition) is 2. The normalized spacial score (nSPS) is 11.0. The number of unbranched alkanes of at least 4 members (excludes halogenated alkanes) is 1. The van der Waals surface area contributed by atoms with Gasteiger partial charge in [-0.15, -0.1) is 12.4 Å². The molecule has 0 saturated carbocycles. The van der Waals surface area contributed by atoms with E-state index >= 15 is 0 Å². The van der Waals surface area contributed by atoms with Crippen LogP contribution >= 0.6 is 25.0 Å². The first-order valence-electron chi connectivity index (χ1n) is 6.05. The Hall–Kier alpha value is -0.180. The van der Waals surface area contributed by atoms with Crippen molar-refractivity contribution in [3.8, 4) is 0 Å². The molecule has 0 spiro atoms. The molecule has 1 aromatic rings. The minimum Gasteiger partial charge on any atom is -0.315 e. The number of nitrogens with one attached hydrogen (secondary N) is 1. The molecule has 0 unspecified atom stereocenters. The van der Waals surface area contributed by atoms with Crippen LogP contribution < -0.4 is 5.32 Å². The van der Waals surface area contributed by atoms with E-state index in [1.54, 1.807) is 0 Å². The van der Waals surface area contributed by atoms with Crippen LogP contribution in [0, 0.1) is 0 Å². The predicted octanol–water partition coefficient (Wildman–Crippen LogP) is 3.73. The first-order valence-corrected chi connectivity index (χ1v) is 6.50. The SMILES string of the molecule is CC(C)(S)CNCCCCc1ccccc1.Cl. The van der Waals surface area contributed by atoms with E-state index < -0.39 is 0 Å². The van der Waals surface area contributed by atoms with Gasteiger partial charge in [-0.1, -0.05) is 30.3 Å². The Labute approximate surface area is 117 Å². The average molecular weight is 274 g/mol. The van der Waals surface area contributed by atoms with Crippen molar-refractivity contribution in [2.45, 2.75) is 37.9 Å². The van der Waals surface area contributed by atoms with Gasteiger partial charge in [-0.3, -0.25) is 0 Å². The maximum atomic E-state index is 4.47. The summed E-state index contributed by atoms with van der Waals surface area (Å²) in [5.41, 5.74) is 1.44. The van der Waals surface area contributed by atoms with Crippen molar-refractivity contribution in [2.75, 3.05) is 13.1 Å². The smallest absolute Gasteiger partial charge is 0.0198 e. The molecule has 17 heavy (non-hydrogen) atoms. The lowest BCUT2D eigenvalue weighted by Gasteiger charge is -2.17. The van der Waals surface area contributed by atoms with Gasteiger partial charge in [0, 0.05) is 11.3 Å². The molecule has 0 bridgehead atoms. The highest BCUT2D eigenvalue weighted by Crippen LogP contribution is 2.09. The third-order valence-corrected chi connectivity index (χ3v) is 2.63. The highest BCUT2D eigenvalue weighted by molar-refractivity contribution is 7.81. The fourth-order valence-electron chi connectivity index (χ4n) is 1.62. The Morgan fingerprint density at radius 1 is 1.12 bits per heavy atom. The second kappa shape index (κ2) is 8.84. The molecule has 0 aliphatic carbocycles. The molecule has 1 N–H and O–H groups in total. The van der Waals surface area contributed by atoms with Crippen LogP contribution in [-0.4, -0.2) is 17.8 Å². The molecule has 0 aromatic heterocycles. The molecule has 0 atom stereocenters. The Balaban J connectivity index is 0.00000256. The number of benzene rings is 1. The molecular weight excluding hydrogens is 250 g/mol. The summed E-state index contributed by atoms with van der Waals surface area (Å²) in [4.78, 5) is 0. The lowest BCUT2D eigenvalue weighted by atomic mass is 10.1. The standard InChI is InChI=1S/C14H23NS.ClH/c1-14(2,16)12-15-11-7-6-10-13-8-4-3-5-9-13;/h3-5,8-9,15-16H,6-7,10-12H2,1-2H3;1H. The van der Waals surface area contributed by atoms with Gasteiger partial charge < -0.3 is 5.32 Å². The van der Waals surface area contributed by atoms with Crippen LogP contribution in [0.4, 0.5) is 0 Å². The van der Waals surface area contributed by atoms with Crippen molar-refractivity contribution in [1.29, 1.82) is 0 Å². The van der Waals surface area contributed by atoms with E-state index in [-0.39, 0.29) is 17.2 Å². The van der Waals surface area contributed by atoms with Gasteiger partial charge in [-0.25, -0.2) is 0 Å². The van der Waals surface area contributed by atoms with Gasteiger partial charge in [0.25, 0.3) is 0 Å². The van der Waals surface area contributed by atoms with Crippen molar-refractivity contribution < 1.29 is 0 Å². The molecule has 0 fully saturated rings. The highest BCUT2D eigenvalue weighted by atomic mass is 35.5. The summed E-state index contributed by atoms with van der Waals surface area (Å²) in [5, 5.41) is 3.44. The van der Waals surface area contributed by atoms with Gasteiger partial charge in [0.05, 0.1) is 0 Å². The minimum absolute atomic E-state index is 0.